The van der Waals surface area contributed by atoms with E-state index in [4.69, 9.17) is 10.9 Å². The third-order valence-electron chi connectivity index (χ3n) is 3.17. The second-order valence-corrected chi connectivity index (χ2v) is 4.69. The Bertz CT molecular complexity index is 387. The number of hydrogen-bond donors (Lipinski definition) is 3. The minimum Gasteiger partial charge on any atom is -0.409 e. The lowest BCUT2D eigenvalue weighted by Gasteiger charge is -2.14. The number of nitrogens with one attached hydrogen (secondary N) is 1. The van der Waals surface area contributed by atoms with Crippen molar-refractivity contribution in [1.82, 2.24) is 10.3 Å². The number of pyridine rings is 1. The fourth-order valence-corrected chi connectivity index (χ4v) is 1.97. The number of nitrogens with two attached hydrogens (primary N) is 1. The molecule has 92 valence electrons. The Labute approximate surface area is 101 Å². The highest BCUT2D eigenvalue weighted by molar-refractivity contribution is 5.80. The monoisotopic (exact) mass is 234 g/mol. The maximum Gasteiger partial charge on any atom is 0.139 e. The highest BCUT2D eigenvalue weighted by Crippen LogP contribution is 2.48. The molecule has 1 aromatic heterocycles. The second kappa shape index (κ2) is 5.14. The van der Waals surface area contributed by atoms with Crippen LogP contribution in [-0.4, -0.2) is 22.6 Å². The number of rotatable bonds is 6. The van der Waals surface area contributed by atoms with Crippen molar-refractivity contribution in [2.75, 3.05) is 6.54 Å². The summed E-state index contributed by atoms with van der Waals surface area (Å²) >= 11 is 0. The smallest absolute Gasteiger partial charge is 0.139 e. The van der Waals surface area contributed by atoms with Crippen molar-refractivity contribution in [3.63, 3.8) is 0 Å². The second-order valence-electron chi connectivity index (χ2n) is 4.69. The van der Waals surface area contributed by atoms with Crippen LogP contribution in [0.2, 0.25) is 0 Å². The largest absolute Gasteiger partial charge is 0.409 e. The van der Waals surface area contributed by atoms with E-state index in [-0.39, 0.29) is 5.41 Å². The molecule has 0 aromatic carbocycles. The summed E-state index contributed by atoms with van der Waals surface area (Å²) in [5.74, 6) is 0.321. The average molecular weight is 234 g/mol. The van der Waals surface area contributed by atoms with Gasteiger partial charge in [0.15, 0.2) is 0 Å². The highest BCUT2D eigenvalue weighted by atomic mass is 16.4. The van der Waals surface area contributed by atoms with Gasteiger partial charge in [-0.05, 0) is 30.4 Å². The molecule has 0 unspecified atom stereocenters. The van der Waals surface area contributed by atoms with Crippen LogP contribution in [-0.2, 0) is 6.54 Å². The minimum atomic E-state index is 0.199. The summed E-state index contributed by atoms with van der Waals surface area (Å²) in [7, 11) is 0. The molecule has 4 N–H and O–H groups in total. The molecule has 1 heterocycles. The van der Waals surface area contributed by atoms with E-state index in [0.717, 1.165) is 31.6 Å². The lowest BCUT2D eigenvalue weighted by molar-refractivity contribution is 0.314. The zero-order chi connectivity index (χ0) is 12.1. The summed E-state index contributed by atoms with van der Waals surface area (Å²) in [6, 6.07) is 5.88. The normalized spacial score (nSPS) is 18.0. The van der Waals surface area contributed by atoms with Crippen molar-refractivity contribution in [3.05, 3.63) is 30.1 Å². The van der Waals surface area contributed by atoms with Crippen molar-refractivity contribution >= 4 is 5.84 Å². The lowest BCUT2D eigenvalue weighted by atomic mass is 10.0. The molecule has 0 amide bonds. The van der Waals surface area contributed by atoms with Crippen LogP contribution in [0.5, 0.6) is 0 Å². The summed E-state index contributed by atoms with van der Waals surface area (Å²) in [6.45, 7) is 1.65. The maximum atomic E-state index is 8.56. The van der Waals surface area contributed by atoms with Gasteiger partial charge in [-0.1, -0.05) is 11.2 Å². The van der Waals surface area contributed by atoms with Crippen molar-refractivity contribution in [1.29, 1.82) is 0 Å². The molecule has 17 heavy (non-hydrogen) atoms. The van der Waals surface area contributed by atoms with Crippen LogP contribution in [0.15, 0.2) is 29.6 Å². The van der Waals surface area contributed by atoms with E-state index in [2.05, 4.69) is 15.5 Å². The Morgan fingerprint density at radius 3 is 2.94 bits per heavy atom. The van der Waals surface area contributed by atoms with Gasteiger partial charge in [-0.2, -0.15) is 0 Å². The van der Waals surface area contributed by atoms with E-state index < -0.39 is 0 Å². The van der Waals surface area contributed by atoms with Crippen LogP contribution in [0.3, 0.4) is 0 Å². The molecule has 0 bridgehead atoms. The number of hydrogen-bond acceptors (Lipinski definition) is 4. The van der Waals surface area contributed by atoms with Gasteiger partial charge < -0.3 is 16.3 Å². The van der Waals surface area contributed by atoms with Crippen molar-refractivity contribution in [2.24, 2.45) is 16.3 Å². The van der Waals surface area contributed by atoms with Gasteiger partial charge in [-0.25, -0.2) is 0 Å². The Balaban J connectivity index is 1.75. The number of nitrogens with zero attached hydrogens (tertiary/aromatic N) is 2. The van der Waals surface area contributed by atoms with Gasteiger partial charge in [-0.3, -0.25) is 4.98 Å². The van der Waals surface area contributed by atoms with E-state index in [1.165, 1.54) is 0 Å². The van der Waals surface area contributed by atoms with E-state index in [1.54, 1.807) is 6.20 Å². The first-order chi connectivity index (χ1) is 8.24. The van der Waals surface area contributed by atoms with Gasteiger partial charge in [-0.15, -0.1) is 0 Å². The van der Waals surface area contributed by atoms with Crippen LogP contribution in [0, 0.1) is 5.41 Å². The Kier molecular flexibility index (Phi) is 3.58. The van der Waals surface area contributed by atoms with E-state index in [0.29, 0.717) is 12.3 Å². The molecule has 1 saturated carbocycles. The minimum absolute atomic E-state index is 0.199. The summed E-state index contributed by atoms with van der Waals surface area (Å²) in [6.07, 6.45) is 4.73. The molecule has 1 aromatic rings. The van der Waals surface area contributed by atoms with Crippen molar-refractivity contribution < 1.29 is 5.21 Å². The zero-order valence-corrected chi connectivity index (χ0v) is 9.76. The number of oxime groups is 1. The molecule has 0 radical (unpaired) electrons. The molecule has 5 heteroatoms. The first-order valence-electron chi connectivity index (χ1n) is 5.81. The number of amidine groups is 1. The molecule has 0 saturated heterocycles. The van der Waals surface area contributed by atoms with Crippen LogP contribution in [0.4, 0.5) is 0 Å². The Morgan fingerprint density at radius 1 is 1.53 bits per heavy atom. The molecule has 1 aliphatic rings. The zero-order valence-electron chi connectivity index (χ0n) is 9.76. The molecule has 0 atom stereocenters. The molecule has 0 spiro atoms. The Hall–Kier alpha value is -1.62. The van der Waals surface area contributed by atoms with Gasteiger partial charge in [0, 0.05) is 25.7 Å². The van der Waals surface area contributed by atoms with Gasteiger partial charge >= 0.3 is 0 Å². The SMILES string of the molecule is NC(CC1(CNCc2ccccn2)CC1)=NO. The first-order valence-corrected chi connectivity index (χ1v) is 5.81. The summed E-state index contributed by atoms with van der Waals surface area (Å²) in [5.41, 5.74) is 6.78. The van der Waals surface area contributed by atoms with Crippen molar-refractivity contribution in [3.8, 4) is 0 Å². The third-order valence-corrected chi connectivity index (χ3v) is 3.17. The van der Waals surface area contributed by atoms with Crippen LogP contribution in [0.25, 0.3) is 0 Å². The van der Waals surface area contributed by atoms with E-state index in [9.17, 15) is 0 Å². The topological polar surface area (TPSA) is 83.5 Å². The van der Waals surface area contributed by atoms with Gasteiger partial charge in [0.1, 0.15) is 5.84 Å². The molecule has 0 aliphatic heterocycles. The quantitative estimate of drug-likeness (QED) is 0.298. The fourth-order valence-electron chi connectivity index (χ4n) is 1.97. The molecule has 2 rings (SSSR count). The van der Waals surface area contributed by atoms with Gasteiger partial charge in [0.2, 0.25) is 0 Å². The standard InChI is InChI=1S/C12H18N4O/c13-11(16-17)7-12(4-5-12)9-14-8-10-3-1-2-6-15-10/h1-3,6,14,17H,4-5,7-9H2,(H2,13,16). The van der Waals surface area contributed by atoms with E-state index in [1.807, 2.05) is 18.2 Å². The average Bonchev–Trinajstić information content (AvgIpc) is 3.10. The highest BCUT2D eigenvalue weighted by Gasteiger charge is 2.42. The van der Waals surface area contributed by atoms with Crippen LogP contribution >= 0.6 is 0 Å². The molecular weight excluding hydrogens is 216 g/mol. The number of aromatic nitrogens is 1. The maximum absolute atomic E-state index is 8.56. The van der Waals surface area contributed by atoms with Gasteiger partial charge in [0.05, 0.1) is 5.69 Å². The molecule has 1 fully saturated rings. The lowest BCUT2D eigenvalue weighted by Crippen LogP contribution is -2.28. The molecule has 5 nitrogen and oxygen atoms in total. The summed E-state index contributed by atoms with van der Waals surface area (Å²) in [4.78, 5) is 4.24. The van der Waals surface area contributed by atoms with Gasteiger partial charge in [0.25, 0.3) is 0 Å². The Morgan fingerprint density at radius 2 is 2.35 bits per heavy atom. The fraction of sp³-hybridized carbons (Fsp3) is 0.500. The first kappa shape index (κ1) is 11.9. The third kappa shape index (κ3) is 3.42. The predicted octanol–water partition coefficient (Wildman–Crippen LogP) is 1.09. The van der Waals surface area contributed by atoms with Crippen LogP contribution in [0.1, 0.15) is 25.0 Å². The summed E-state index contributed by atoms with van der Waals surface area (Å²) < 4.78 is 0. The predicted molar refractivity (Wildman–Crippen MR) is 65.6 cm³/mol. The summed E-state index contributed by atoms with van der Waals surface area (Å²) in [5, 5.41) is 15.0. The molecule has 1 aliphatic carbocycles. The molecular formula is C12H18N4O. The van der Waals surface area contributed by atoms with Crippen LogP contribution < -0.4 is 11.1 Å². The van der Waals surface area contributed by atoms with Crippen molar-refractivity contribution in [2.45, 2.75) is 25.8 Å². The van der Waals surface area contributed by atoms with E-state index >= 15 is 0 Å².